The van der Waals surface area contributed by atoms with Crippen molar-refractivity contribution in [3.8, 4) is 5.75 Å². The molecule has 2 heterocycles. The summed E-state index contributed by atoms with van der Waals surface area (Å²) in [5.41, 5.74) is 2.94. The maximum Gasteiger partial charge on any atom is 0.245 e. The molecule has 4 rings (SSSR count). The lowest BCUT2D eigenvalue weighted by molar-refractivity contribution is -0.124. The summed E-state index contributed by atoms with van der Waals surface area (Å²) in [4.78, 5) is 17.3. The molecule has 1 fully saturated rings. The van der Waals surface area contributed by atoms with Crippen molar-refractivity contribution in [1.29, 1.82) is 0 Å². The van der Waals surface area contributed by atoms with Crippen molar-refractivity contribution in [2.75, 3.05) is 19.6 Å². The largest absolute Gasteiger partial charge is 0.487 e. The SMILES string of the molecule is Cc1cc(C)c2cccc(OCc3c(Cl)ccc(S(=O)(=O)N4CCC[C@H]4C(=O)NCCNC=NN)c3Cl)c2n1.Cl.Cl. The van der Waals surface area contributed by atoms with E-state index in [1.54, 1.807) is 6.07 Å². The van der Waals surface area contributed by atoms with Crippen molar-refractivity contribution in [1.82, 2.24) is 19.9 Å². The highest BCUT2D eigenvalue weighted by Gasteiger charge is 2.40. The lowest BCUT2D eigenvalue weighted by Crippen LogP contribution is -2.47. The molecule has 2 aromatic carbocycles. The molecule has 1 saturated heterocycles. The average molecular weight is 666 g/mol. The molecule has 1 aliphatic rings. The molecule has 3 aromatic rings. The fourth-order valence-corrected chi connectivity index (χ4v) is 7.16. The average Bonchev–Trinajstić information content (AvgIpc) is 3.40. The van der Waals surface area contributed by atoms with E-state index in [0.717, 1.165) is 16.6 Å². The van der Waals surface area contributed by atoms with Crippen molar-refractivity contribution in [3.63, 3.8) is 0 Å². The van der Waals surface area contributed by atoms with Crippen molar-refractivity contribution in [2.45, 2.75) is 44.2 Å². The monoisotopic (exact) mass is 664 g/mol. The van der Waals surface area contributed by atoms with Gasteiger partial charge in [0.1, 0.15) is 35.1 Å². The van der Waals surface area contributed by atoms with Gasteiger partial charge >= 0.3 is 0 Å². The molecule has 0 unspecified atom stereocenters. The quantitative estimate of drug-likeness (QED) is 0.0963. The normalized spacial score (nSPS) is 15.4. The number of aryl methyl sites for hydroxylation is 2. The number of carbonyl (C=O) groups is 1. The first-order chi connectivity index (χ1) is 18.6. The van der Waals surface area contributed by atoms with E-state index < -0.39 is 16.1 Å². The molecule has 1 aliphatic heterocycles. The highest BCUT2D eigenvalue weighted by molar-refractivity contribution is 7.89. The van der Waals surface area contributed by atoms with Gasteiger partial charge in [0, 0.05) is 41.3 Å². The first-order valence-electron chi connectivity index (χ1n) is 12.4. The number of aromatic nitrogens is 1. The van der Waals surface area contributed by atoms with Gasteiger partial charge in [-0.05, 0) is 56.5 Å². The second-order valence-electron chi connectivity index (χ2n) is 9.16. The molecule has 224 valence electrons. The van der Waals surface area contributed by atoms with Gasteiger partial charge in [-0.3, -0.25) is 4.79 Å². The molecule has 4 N–H and O–H groups in total. The highest BCUT2D eigenvalue weighted by atomic mass is 35.5. The van der Waals surface area contributed by atoms with E-state index >= 15 is 0 Å². The number of sulfonamides is 1. The Hall–Kier alpha value is -2.54. The molecule has 0 saturated carbocycles. The van der Waals surface area contributed by atoms with Crippen LogP contribution in [-0.2, 0) is 21.4 Å². The molecular formula is C26H32Cl4N6O4S. The number of carbonyl (C=O) groups excluding carboxylic acids is 1. The van der Waals surface area contributed by atoms with Gasteiger partial charge in [-0.2, -0.15) is 9.41 Å². The van der Waals surface area contributed by atoms with Crippen molar-refractivity contribution < 1.29 is 17.9 Å². The van der Waals surface area contributed by atoms with Gasteiger partial charge in [0.05, 0.1) is 5.02 Å². The molecule has 1 amide bonds. The van der Waals surface area contributed by atoms with Crippen LogP contribution in [0.25, 0.3) is 10.9 Å². The van der Waals surface area contributed by atoms with E-state index in [9.17, 15) is 13.2 Å². The van der Waals surface area contributed by atoms with Crippen LogP contribution in [0.5, 0.6) is 5.75 Å². The third kappa shape index (κ3) is 7.65. The Bertz CT molecular complexity index is 1520. The molecule has 0 radical (unpaired) electrons. The van der Waals surface area contributed by atoms with Gasteiger partial charge in [0.2, 0.25) is 15.9 Å². The topological polar surface area (TPSA) is 139 Å². The number of nitrogens with zero attached hydrogens (tertiary/aromatic N) is 3. The number of rotatable bonds is 10. The minimum atomic E-state index is -4.11. The summed E-state index contributed by atoms with van der Waals surface area (Å²) in [5, 5.41) is 10.0. The molecule has 10 nitrogen and oxygen atoms in total. The zero-order valence-electron chi connectivity index (χ0n) is 22.4. The van der Waals surface area contributed by atoms with Gasteiger partial charge < -0.3 is 21.2 Å². The molecule has 0 bridgehead atoms. The first kappa shape index (κ1) is 34.7. The number of halogens is 4. The van der Waals surface area contributed by atoms with Crippen LogP contribution >= 0.6 is 48.0 Å². The van der Waals surface area contributed by atoms with E-state index in [1.807, 2.05) is 32.0 Å². The van der Waals surface area contributed by atoms with Crippen molar-refractivity contribution >= 4 is 81.2 Å². The number of fused-ring (bicyclic) bond motifs is 1. The van der Waals surface area contributed by atoms with E-state index in [0.29, 0.717) is 36.2 Å². The lowest BCUT2D eigenvalue weighted by atomic mass is 10.1. The Labute approximate surface area is 261 Å². The number of para-hydroxylation sites is 1. The summed E-state index contributed by atoms with van der Waals surface area (Å²) in [6.45, 7) is 4.71. The minimum Gasteiger partial charge on any atom is -0.487 e. The van der Waals surface area contributed by atoms with E-state index in [-0.39, 0.29) is 65.4 Å². The number of amides is 1. The summed E-state index contributed by atoms with van der Waals surface area (Å²) >= 11 is 13.1. The smallest absolute Gasteiger partial charge is 0.245 e. The third-order valence-corrected chi connectivity index (χ3v) is 9.34. The fourth-order valence-electron chi connectivity index (χ4n) is 4.64. The number of hydrogen-bond donors (Lipinski definition) is 3. The molecular weight excluding hydrogens is 634 g/mol. The minimum absolute atomic E-state index is 0. The molecule has 15 heteroatoms. The number of hydrogen-bond acceptors (Lipinski definition) is 7. The van der Waals surface area contributed by atoms with Crippen LogP contribution in [0.3, 0.4) is 0 Å². The Kier molecular flexibility index (Phi) is 12.8. The summed E-state index contributed by atoms with van der Waals surface area (Å²) in [7, 11) is -4.11. The zero-order valence-corrected chi connectivity index (χ0v) is 26.4. The van der Waals surface area contributed by atoms with E-state index in [4.69, 9.17) is 33.8 Å². The van der Waals surface area contributed by atoms with Gasteiger partial charge in [-0.1, -0.05) is 35.3 Å². The molecule has 1 aromatic heterocycles. The standard InChI is InChI=1S/C26H30Cl2N6O4S.2ClH/c1-16-13-17(2)33-25-18(16)5-3-7-22(25)38-14-19-20(27)8-9-23(24(19)28)39(36,37)34-12-4-6-21(34)26(35)31-11-10-30-15-32-29;;/h3,5,7-9,13,15,21H,4,6,10-12,14,29H2,1-2H3,(H,30,32)(H,31,35);2*1H/t21-;;/m0../s1. The van der Waals surface area contributed by atoms with E-state index in [1.165, 1.54) is 22.8 Å². The number of pyridine rings is 1. The summed E-state index contributed by atoms with van der Waals surface area (Å²) in [6, 6.07) is 9.61. The number of benzene rings is 2. The van der Waals surface area contributed by atoms with Crippen LogP contribution < -0.4 is 21.2 Å². The summed E-state index contributed by atoms with van der Waals surface area (Å²) in [5.74, 6) is 5.17. The Balaban J connectivity index is 0.00000294. The van der Waals surface area contributed by atoms with Gasteiger partial charge in [0.15, 0.2) is 0 Å². The maximum absolute atomic E-state index is 13.7. The predicted octanol–water partition coefficient (Wildman–Crippen LogP) is 4.34. The maximum atomic E-state index is 13.7. The van der Waals surface area contributed by atoms with Crippen LogP contribution in [0.2, 0.25) is 10.0 Å². The highest BCUT2D eigenvalue weighted by Crippen LogP contribution is 2.36. The molecule has 41 heavy (non-hydrogen) atoms. The Morgan fingerprint density at radius 2 is 1.98 bits per heavy atom. The van der Waals surface area contributed by atoms with Gasteiger partial charge in [0.25, 0.3) is 0 Å². The molecule has 0 spiro atoms. The van der Waals surface area contributed by atoms with E-state index in [2.05, 4.69) is 20.7 Å². The van der Waals surface area contributed by atoms with Crippen molar-refractivity contribution in [2.24, 2.45) is 10.9 Å². The second kappa shape index (κ2) is 15.1. The summed E-state index contributed by atoms with van der Waals surface area (Å²) in [6.07, 6.45) is 2.25. The molecule has 1 atom stereocenters. The molecule has 0 aliphatic carbocycles. The zero-order chi connectivity index (χ0) is 28.2. The Morgan fingerprint density at radius 1 is 1.22 bits per heavy atom. The first-order valence-corrected chi connectivity index (χ1v) is 14.6. The number of hydrazone groups is 1. The van der Waals surface area contributed by atoms with Crippen LogP contribution in [-0.4, -0.2) is 55.6 Å². The van der Waals surface area contributed by atoms with Crippen LogP contribution in [0.4, 0.5) is 0 Å². The number of nitrogens with two attached hydrogens (primary N) is 1. The van der Waals surface area contributed by atoms with Gasteiger partial charge in [-0.15, -0.1) is 24.8 Å². The van der Waals surface area contributed by atoms with Crippen LogP contribution in [0.15, 0.2) is 46.4 Å². The van der Waals surface area contributed by atoms with Gasteiger partial charge in [-0.25, -0.2) is 13.4 Å². The predicted molar refractivity (Wildman–Crippen MR) is 167 cm³/mol. The third-order valence-electron chi connectivity index (χ3n) is 6.49. The lowest BCUT2D eigenvalue weighted by Gasteiger charge is -2.24. The number of nitrogens with one attached hydrogen (secondary N) is 2. The fraction of sp³-hybridized carbons (Fsp3) is 0.346. The summed E-state index contributed by atoms with van der Waals surface area (Å²) < 4.78 is 34.7. The van der Waals surface area contributed by atoms with Crippen LogP contribution in [0.1, 0.15) is 29.7 Å². The van der Waals surface area contributed by atoms with Crippen LogP contribution in [0, 0.1) is 13.8 Å². The Morgan fingerprint density at radius 3 is 2.71 bits per heavy atom. The number of ether oxygens (including phenoxy) is 1. The van der Waals surface area contributed by atoms with Crippen molar-refractivity contribution in [3.05, 3.63) is 63.3 Å². The second-order valence-corrected chi connectivity index (χ2v) is 11.8.